The van der Waals surface area contributed by atoms with Crippen molar-refractivity contribution in [3.63, 3.8) is 0 Å². The zero-order chi connectivity index (χ0) is 12.1. The number of carbonyl (C=O) groups is 1. The van der Waals surface area contributed by atoms with Gasteiger partial charge in [0.15, 0.2) is 0 Å². The predicted molar refractivity (Wildman–Crippen MR) is 65.5 cm³/mol. The van der Waals surface area contributed by atoms with E-state index in [-0.39, 0.29) is 16.2 Å². The highest BCUT2D eigenvalue weighted by atomic mass is 35.5. The molecule has 4 aliphatic rings. The molecule has 4 fully saturated rings. The van der Waals surface area contributed by atoms with E-state index >= 15 is 0 Å². The van der Waals surface area contributed by atoms with Crippen LogP contribution in [0.4, 0.5) is 0 Å². The van der Waals surface area contributed by atoms with Gasteiger partial charge in [-0.05, 0) is 57.3 Å². The third-order valence-electron chi connectivity index (χ3n) is 4.78. The first-order valence-corrected chi connectivity index (χ1v) is 7.04. The molecule has 4 aliphatic carbocycles. The standard InChI is InChI=1S/C13H20ClNO2/c1-2-17-15-11(16)12-4-9-3-10(5-12)7-13(14,6-9)8-12/h9-10H,2-8H2,1H3,(H,15,16). The molecule has 0 aromatic rings. The van der Waals surface area contributed by atoms with E-state index in [9.17, 15) is 4.79 Å². The summed E-state index contributed by atoms with van der Waals surface area (Å²) in [5, 5.41) is 0. The van der Waals surface area contributed by atoms with Crippen LogP contribution in [0.3, 0.4) is 0 Å². The Kier molecular flexibility index (Phi) is 2.67. The molecule has 1 N–H and O–H groups in total. The fourth-order valence-electron chi connectivity index (χ4n) is 4.66. The maximum Gasteiger partial charge on any atom is 0.249 e. The molecule has 4 bridgehead atoms. The van der Waals surface area contributed by atoms with Crippen molar-refractivity contribution in [3.8, 4) is 0 Å². The Bertz CT molecular complexity index is 330. The minimum absolute atomic E-state index is 0.0680. The number of carbonyl (C=O) groups excluding carboxylic acids is 1. The van der Waals surface area contributed by atoms with E-state index in [1.807, 2.05) is 6.92 Å². The van der Waals surface area contributed by atoms with Crippen LogP contribution in [0.25, 0.3) is 0 Å². The third kappa shape index (κ3) is 1.88. The molecule has 3 nitrogen and oxygen atoms in total. The second kappa shape index (κ2) is 3.86. The van der Waals surface area contributed by atoms with Gasteiger partial charge in [-0.2, -0.15) is 0 Å². The first kappa shape index (κ1) is 11.8. The van der Waals surface area contributed by atoms with Crippen LogP contribution in [-0.4, -0.2) is 17.4 Å². The lowest BCUT2D eigenvalue weighted by Gasteiger charge is -2.58. The van der Waals surface area contributed by atoms with E-state index in [1.54, 1.807) is 0 Å². The van der Waals surface area contributed by atoms with Crippen LogP contribution in [0.1, 0.15) is 45.4 Å². The molecular formula is C13H20ClNO2. The Morgan fingerprint density at radius 3 is 2.53 bits per heavy atom. The van der Waals surface area contributed by atoms with Crippen molar-refractivity contribution >= 4 is 17.5 Å². The SMILES string of the molecule is CCONC(=O)C12CC3CC(CC(Cl)(C3)C1)C2. The fraction of sp³-hybridized carbons (Fsp3) is 0.923. The average Bonchev–Trinajstić information content (AvgIpc) is 2.22. The molecule has 0 aliphatic heterocycles. The minimum atomic E-state index is -0.235. The van der Waals surface area contributed by atoms with Crippen LogP contribution in [0.15, 0.2) is 0 Å². The number of hydrogen-bond donors (Lipinski definition) is 1. The first-order chi connectivity index (χ1) is 8.05. The number of alkyl halides is 1. The van der Waals surface area contributed by atoms with E-state index in [0.29, 0.717) is 18.4 Å². The molecule has 4 rings (SSSR count). The summed E-state index contributed by atoms with van der Waals surface area (Å²) >= 11 is 6.68. The van der Waals surface area contributed by atoms with Crippen LogP contribution in [0.2, 0.25) is 0 Å². The van der Waals surface area contributed by atoms with Gasteiger partial charge in [0.1, 0.15) is 0 Å². The summed E-state index contributed by atoms with van der Waals surface area (Å²) in [6.07, 6.45) is 6.35. The Balaban J connectivity index is 1.81. The third-order valence-corrected chi connectivity index (χ3v) is 5.22. The molecular weight excluding hydrogens is 238 g/mol. The van der Waals surface area contributed by atoms with Crippen LogP contribution in [-0.2, 0) is 9.63 Å². The van der Waals surface area contributed by atoms with Crippen molar-refractivity contribution in [2.45, 2.75) is 50.3 Å². The maximum atomic E-state index is 12.3. The number of hydroxylamine groups is 1. The molecule has 2 atom stereocenters. The van der Waals surface area contributed by atoms with Crippen LogP contribution in [0, 0.1) is 17.3 Å². The smallest absolute Gasteiger partial charge is 0.249 e. The Hall–Kier alpha value is -0.280. The van der Waals surface area contributed by atoms with Gasteiger partial charge in [0, 0.05) is 4.87 Å². The van der Waals surface area contributed by atoms with Gasteiger partial charge < -0.3 is 0 Å². The van der Waals surface area contributed by atoms with Gasteiger partial charge in [0.2, 0.25) is 5.91 Å². The van der Waals surface area contributed by atoms with Gasteiger partial charge in [-0.1, -0.05) is 0 Å². The molecule has 0 spiro atoms. The number of amides is 1. The van der Waals surface area contributed by atoms with Crippen molar-refractivity contribution in [1.29, 1.82) is 0 Å². The zero-order valence-corrected chi connectivity index (χ0v) is 11.1. The van der Waals surface area contributed by atoms with Gasteiger partial charge in [-0.25, -0.2) is 5.48 Å². The molecule has 0 saturated heterocycles. The average molecular weight is 258 g/mol. The molecule has 4 saturated carbocycles. The highest BCUT2D eigenvalue weighted by molar-refractivity contribution is 6.24. The highest BCUT2D eigenvalue weighted by Crippen LogP contribution is 2.63. The molecule has 2 unspecified atom stereocenters. The lowest BCUT2D eigenvalue weighted by atomic mass is 9.49. The number of nitrogens with one attached hydrogen (secondary N) is 1. The molecule has 17 heavy (non-hydrogen) atoms. The monoisotopic (exact) mass is 257 g/mol. The number of halogens is 1. The van der Waals surface area contributed by atoms with Gasteiger partial charge >= 0.3 is 0 Å². The molecule has 0 heterocycles. The van der Waals surface area contributed by atoms with Crippen LogP contribution in [0.5, 0.6) is 0 Å². The zero-order valence-electron chi connectivity index (χ0n) is 10.3. The van der Waals surface area contributed by atoms with E-state index in [4.69, 9.17) is 16.4 Å². The molecule has 1 amide bonds. The summed E-state index contributed by atoms with van der Waals surface area (Å²) < 4.78 is 0. The van der Waals surface area contributed by atoms with Gasteiger partial charge in [-0.3, -0.25) is 9.63 Å². The summed E-state index contributed by atoms with van der Waals surface area (Å²) in [6.45, 7) is 2.39. The summed E-state index contributed by atoms with van der Waals surface area (Å²) in [7, 11) is 0. The fourth-order valence-corrected chi connectivity index (χ4v) is 5.35. The van der Waals surface area contributed by atoms with E-state index in [1.165, 1.54) is 6.42 Å². The second-order valence-corrected chi connectivity index (χ2v) is 7.06. The number of rotatable bonds is 3. The van der Waals surface area contributed by atoms with Crippen LogP contribution >= 0.6 is 11.6 Å². The Morgan fingerprint density at radius 2 is 2.00 bits per heavy atom. The highest BCUT2D eigenvalue weighted by Gasteiger charge is 2.60. The Morgan fingerprint density at radius 1 is 1.35 bits per heavy atom. The summed E-state index contributed by atoms with van der Waals surface area (Å²) in [6, 6.07) is 0. The van der Waals surface area contributed by atoms with Crippen LogP contribution < -0.4 is 5.48 Å². The van der Waals surface area contributed by atoms with Gasteiger partial charge in [-0.15, -0.1) is 11.6 Å². The van der Waals surface area contributed by atoms with E-state index < -0.39 is 0 Å². The Labute approximate surface area is 107 Å². The summed E-state index contributed by atoms with van der Waals surface area (Å²) in [4.78, 5) is 17.3. The van der Waals surface area contributed by atoms with Crippen molar-refractivity contribution < 1.29 is 9.63 Å². The van der Waals surface area contributed by atoms with Gasteiger partial charge in [0.05, 0.1) is 12.0 Å². The van der Waals surface area contributed by atoms with Crippen molar-refractivity contribution in [3.05, 3.63) is 0 Å². The first-order valence-electron chi connectivity index (χ1n) is 6.66. The largest absolute Gasteiger partial charge is 0.274 e. The topological polar surface area (TPSA) is 38.3 Å². The predicted octanol–water partition coefficient (Wildman–Crippen LogP) is 2.63. The van der Waals surface area contributed by atoms with Crippen molar-refractivity contribution in [2.75, 3.05) is 6.61 Å². The molecule has 96 valence electrons. The summed E-state index contributed by atoms with van der Waals surface area (Å²) in [5.74, 6) is 1.38. The molecule has 4 heteroatoms. The number of hydrogen-bond acceptors (Lipinski definition) is 2. The van der Waals surface area contributed by atoms with E-state index in [0.717, 1.165) is 32.1 Å². The molecule has 0 radical (unpaired) electrons. The van der Waals surface area contributed by atoms with Crippen molar-refractivity contribution in [2.24, 2.45) is 17.3 Å². The quantitative estimate of drug-likeness (QED) is 0.624. The van der Waals surface area contributed by atoms with Gasteiger partial charge in [0.25, 0.3) is 0 Å². The van der Waals surface area contributed by atoms with Crippen molar-refractivity contribution in [1.82, 2.24) is 5.48 Å². The maximum absolute atomic E-state index is 12.3. The summed E-state index contributed by atoms with van der Waals surface area (Å²) in [5.41, 5.74) is 2.37. The van der Waals surface area contributed by atoms with E-state index in [2.05, 4.69) is 5.48 Å². The lowest BCUT2D eigenvalue weighted by molar-refractivity contribution is -0.157. The lowest BCUT2D eigenvalue weighted by Crippen LogP contribution is -2.58. The molecule has 0 aromatic heterocycles. The second-order valence-electron chi connectivity index (χ2n) is 6.26. The molecule has 0 aromatic carbocycles. The minimum Gasteiger partial charge on any atom is -0.274 e. The normalized spacial score (nSPS) is 47.2.